The maximum Gasteiger partial charge on any atom is 0.133 e. The molecule has 0 aliphatic heterocycles. The molecule has 0 fully saturated rings. The summed E-state index contributed by atoms with van der Waals surface area (Å²) in [5.41, 5.74) is 0.868. The summed E-state index contributed by atoms with van der Waals surface area (Å²) < 4.78 is 18.9. The van der Waals surface area contributed by atoms with Crippen molar-refractivity contribution in [1.82, 2.24) is 5.32 Å². The normalized spacial score (nSPS) is 10.8. The maximum absolute atomic E-state index is 13.2. The first-order valence-corrected chi connectivity index (χ1v) is 6.88. The van der Waals surface area contributed by atoms with Crippen LogP contribution in [0.4, 0.5) is 4.39 Å². The van der Waals surface area contributed by atoms with E-state index in [1.165, 1.54) is 12.1 Å². The van der Waals surface area contributed by atoms with Crippen LogP contribution in [0.25, 0.3) is 0 Å². The summed E-state index contributed by atoms with van der Waals surface area (Å²) in [6.07, 6.45) is 0. The molecule has 0 atom stereocenters. The highest BCUT2D eigenvalue weighted by atomic mass is 35.5. The van der Waals surface area contributed by atoms with E-state index in [1.807, 2.05) is 18.2 Å². The Balaban J connectivity index is 2.24. The van der Waals surface area contributed by atoms with Gasteiger partial charge in [0, 0.05) is 29.2 Å². The second-order valence-electron chi connectivity index (χ2n) is 4.81. The zero-order valence-electron chi connectivity index (χ0n) is 11.5. The van der Waals surface area contributed by atoms with Gasteiger partial charge < -0.3 is 10.1 Å². The van der Waals surface area contributed by atoms with Gasteiger partial charge in [0.15, 0.2) is 0 Å². The van der Waals surface area contributed by atoms with Gasteiger partial charge in [0.05, 0.1) is 0 Å². The summed E-state index contributed by atoms with van der Waals surface area (Å²) in [7, 11) is 0. The van der Waals surface area contributed by atoms with Gasteiger partial charge >= 0.3 is 0 Å². The summed E-state index contributed by atoms with van der Waals surface area (Å²) in [5, 5.41) is 3.93. The molecule has 0 heterocycles. The smallest absolute Gasteiger partial charge is 0.133 e. The quantitative estimate of drug-likeness (QED) is 0.857. The van der Waals surface area contributed by atoms with Crippen molar-refractivity contribution in [1.29, 1.82) is 0 Å². The van der Waals surface area contributed by atoms with Crippen molar-refractivity contribution in [3.05, 3.63) is 58.9 Å². The average molecular weight is 294 g/mol. The summed E-state index contributed by atoms with van der Waals surface area (Å²) in [6.45, 7) is 4.72. The molecular formula is C16H17ClFNO. The fraction of sp³-hybridized carbons (Fsp3) is 0.250. The van der Waals surface area contributed by atoms with E-state index in [0.717, 1.165) is 5.56 Å². The van der Waals surface area contributed by atoms with Crippen LogP contribution in [0, 0.1) is 5.82 Å². The zero-order chi connectivity index (χ0) is 14.5. The third kappa shape index (κ3) is 3.95. The number of ether oxygens (including phenoxy) is 1. The predicted octanol–water partition coefficient (Wildman–Crippen LogP) is 4.77. The number of hydrogen-bond acceptors (Lipinski definition) is 2. The van der Waals surface area contributed by atoms with Crippen molar-refractivity contribution >= 4 is 11.6 Å². The molecule has 0 unspecified atom stereocenters. The standard InChI is InChI=1S/C16H17ClFNO/c1-11(2)19-10-14-15(17)7-4-8-16(14)20-13-6-3-5-12(18)9-13/h3-9,11,19H,10H2,1-2H3. The summed E-state index contributed by atoms with van der Waals surface area (Å²) in [4.78, 5) is 0. The molecule has 0 saturated heterocycles. The SMILES string of the molecule is CC(C)NCc1c(Cl)cccc1Oc1cccc(F)c1. The zero-order valence-corrected chi connectivity index (χ0v) is 12.2. The van der Waals surface area contributed by atoms with Gasteiger partial charge in [-0.25, -0.2) is 4.39 Å². The van der Waals surface area contributed by atoms with Crippen LogP contribution in [-0.4, -0.2) is 6.04 Å². The van der Waals surface area contributed by atoms with E-state index >= 15 is 0 Å². The summed E-state index contributed by atoms with van der Waals surface area (Å²) in [6, 6.07) is 11.9. The Labute approximate surface area is 123 Å². The van der Waals surface area contributed by atoms with Crippen LogP contribution in [0.2, 0.25) is 5.02 Å². The second-order valence-corrected chi connectivity index (χ2v) is 5.22. The second kappa shape index (κ2) is 6.73. The molecule has 2 nitrogen and oxygen atoms in total. The summed E-state index contributed by atoms with van der Waals surface area (Å²) in [5.74, 6) is 0.765. The maximum atomic E-state index is 13.2. The van der Waals surface area contributed by atoms with Gasteiger partial charge in [-0.05, 0) is 24.3 Å². The van der Waals surface area contributed by atoms with E-state index < -0.39 is 0 Å². The lowest BCUT2D eigenvalue weighted by Crippen LogP contribution is -2.22. The van der Waals surface area contributed by atoms with Crippen LogP contribution in [-0.2, 0) is 6.54 Å². The van der Waals surface area contributed by atoms with Gasteiger partial charge in [0.1, 0.15) is 17.3 Å². The monoisotopic (exact) mass is 293 g/mol. The van der Waals surface area contributed by atoms with E-state index in [9.17, 15) is 4.39 Å². The largest absolute Gasteiger partial charge is 0.457 e. The van der Waals surface area contributed by atoms with Gasteiger partial charge in [-0.1, -0.05) is 37.6 Å². The molecule has 0 spiro atoms. The molecule has 0 amide bonds. The van der Waals surface area contributed by atoms with Crippen LogP contribution in [0.1, 0.15) is 19.4 Å². The number of rotatable bonds is 5. The molecule has 0 aromatic heterocycles. The fourth-order valence-electron chi connectivity index (χ4n) is 1.77. The van der Waals surface area contributed by atoms with Crippen LogP contribution in [0.3, 0.4) is 0 Å². The van der Waals surface area contributed by atoms with E-state index in [-0.39, 0.29) is 5.82 Å². The molecule has 2 aromatic carbocycles. The highest BCUT2D eigenvalue weighted by molar-refractivity contribution is 6.31. The lowest BCUT2D eigenvalue weighted by Gasteiger charge is -2.15. The minimum Gasteiger partial charge on any atom is -0.457 e. The molecule has 0 aliphatic rings. The highest BCUT2D eigenvalue weighted by Gasteiger charge is 2.10. The van der Waals surface area contributed by atoms with Crippen molar-refractivity contribution in [2.75, 3.05) is 0 Å². The van der Waals surface area contributed by atoms with Crippen LogP contribution in [0.5, 0.6) is 11.5 Å². The first-order valence-electron chi connectivity index (χ1n) is 6.50. The molecule has 0 aliphatic carbocycles. The minimum absolute atomic E-state index is 0.327. The minimum atomic E-state index is -0.327. The lowest BCUT2D eigenvalue weighted by atomic mass is 10.2. The molecule has 2 aromatic rings. The molecule has 0 radical (unpaired) electrons. The van der Waals surface area contributed by atoms with E-state index in [4.69, 9.17) is 16.3 Å². The molecule has 2 rings (SSSR count). The highest BCUT2D eigenvalue weighted by Crippen LogP contribution is 2.30. The molecule has 0 saturated carbocycles. The Hall–Kier alpha value is -1.58. The van der Waals surface area contributed by atoms with Crippen LogP contribution < -0.4 is 10.1 Å². The van der Waals surface area contributed by atoms with E-state index in [1.54, 1.807) is 12.1 Å². The number of benzene rings is 2. The van der Waals surface area contributed by atoms with E-state index in [0.29, 0.717) is 29.1 Å². The topological polar surface area (TPSA) is 21.3 Å². The lowest BCUT2D eigenvalue weighted by molar-refractivity contribution is 0.465. The van der Waals surface area contributed by atoms with Crippen LogP contribution >= 0.6 is 11.6 Å². The molecule has 0 bridgehead atoms. The number of nitrogens with one attached hydrogen (secondary N) is 1. The van der Waals surface area contributed by atoms with Gasteiger partial charge in [-0.3, -0.25) is 0 Å². The average Bonchev–Trinajstić information content (AvgIpc) is 2.38. The molecular weight excluding hydrogens is 277 g/mol. The molecule has 1 N–H and O–H groups in total. The van der Waals surface area contributed by atoms with Crippen molar-refractivity contribution in [3.8, 4) is 11.5 Å². The Morgan fingerprint density at radius 1 is 1.20 bits per heavy atom. The van der Waals surface area contributed by atoms with Crippen molar-refractivity contribution < 1.29 is 9.13 Å². The molecule has 4 heteroatoms. The van der Waals surface area contributed by atoms with Gasteiger partial charge in [0.25, 0.3) is 0 Å². The first kappa shape index (κ1) is 14.8. The third-order valence-corrected chi connectivity index (χ3v) is 3.14. The van der Waals surface area contributed by atoms with Crippen molar-refractivity contribution in [3.63, 3.8) is 0 Å². The predicted molar refractivity (Wildman–Crippen MR) is 79.9 cm³/mol. The van der Waals surface area contributed by atoms with Gasteiger partial charge in [-0.15, -0.1) is 0 Å². The van der Waals surface area contributed by atoms with E-state index in [2.05, 4.69) is 19.2 Å². The van der Waals surface area contributed by atoms with Crippen LogP contribution in [0.15, 0.2) is 42.5 Å². The molecule has 20 heavy (non-hydrogen) atoms. The van der Waals surface area contributed by atoms with Crippen molar-refractivity contribution in [2.24, 2.45) is 0 Å². The van der Waals surface area contributed by atoms with Gasteiger partial charge in [0.2, 0.25) is 0 Å². The Kier molecular flexibility index (Phi) is 4.99. The third-order valence-electron chi connectivity index (χ3n) is 2.79. The Bertz CT molecular complexity index is 586. The summed E-state index contributed by atoms with van der Waals surface area (Å²) >= 11 is 6.22. The number of halogens is 2. The van der Waals surface area contributed by atoms with Gasteiger partial charge in [-0.2, -0.15) is 0 Å². The first-order chi connectivity index (χ1) is 9.56. The fourth-order valence-corrected chi connectivity index (χ4v) is 2.00. The Morgan fingerprint density at radius 2 is 1.95 bits per heavy atom. The molecule has 106 valence electrons. The number of hydrogen-bond donors (Lipinski definition) is 1. The Morgan fingerprint density at radius 3 is 2.65 bits per heavy atom. The van der Waals surface area contributed by atoms with Crippen molar-refractivity contribution in [2.45, 2.75) is 26.4 Å².